The smallest absolute Gasteiger partial charge is 0.459 e. The highest BCUT2D eigenvalue weighted by Crippen LogP contribution is 2.51. The van der Waals surface area contributed by atoms with Gasteiger partial charge in [-0.15, -0.1) is 13.2 Å². The lowest BCUT2D eigenvalue weighted by Gasteiger charge is -2.27. The Morgan fingerprint density at radius 3 is 2.10 bits per heavy atom. The van der Waals surface area contributed by atoms with Gasteiger partial charge in [-0.1, -0.05) is 97.1 Å². The molecule has 11 rings (SSSR count). The van der Waals surface area contributed by atoms with E-state index in [1.54, 1.807) is 56.6 Å². The maximum Gasteiger partial charge on any atom is 0.459 e. The van der Waals surface area contributed by atoms with E-state index in [4.69, 9.17) is 46.5 Å². The molecule has 0 amide bonds. The van der Waals surface area contributed by atoms with Gasteiger partial charge in [0.2, 0.25) is 23.7 Å². The molecule has 6 bridgehead atoms. The average molecular weight is 1420 g/mol. The Morgan fingerprint density at radius 2 is 1.40 bits per heavy atom. The number of nitrogens with one attached hydrogen (secondary N) is 4. The molecule has 12 atom stereocenters. The quantitative estimate of drug-likeness (QED) is 0.0135. The van der Waals surface area contributed by atoms with Crippen molar-refractivity contribution in [1.82, 2.24) is 49.2 Å². The topological polar surface area (TPSA) is 377 Å². The first-order valence-electron chi connectivity index (χ1n) is 32.9. The summed E-state index contributed by atoms with van der Waals surface area (Å²) in [5.74, 6) is 0.149. The number of aromatic nitrogens is 8. The number of esters is 2. The molecule has 4 aromatic heterocycles. The Bertz CT molecular complexity index is 4280. The second-order valence-electron chi connectivity index (χ2n) is 24.3. The number of hydrogen-bond acceptors (Lipinski definition) is 26. The van der Waals surface area contributed by atoms with Gasteiger partial charge in [0, 0.05) is 24.9 Å². The van der Waals surface area contributed by atoms with Gasteiger partial charge in [0.15, 0.2) is 34.8 Å². The number of imidazole rings is 2. The molecular formula is C68H86N12O18P2. The van der Waals surface area contributed by atoms with E-state index >= 15 is 0 Å². The molecule has 30 nitrogen and oxygen atoms in total. The van der Waals surface area contributed by atoms with Gasteiger partial charge in [0.1, 0.15) is 59.2 Å². The molecule has 32 heteroatoms. The first-order valence-corrected chi connectivity index (χ1v) is 36.0. The number of nitrogens with zero attached hydrogens (tertiary/aromatic N) is 8. The van der Waals surface area contributed by atoms with Gasteiger partial charge >= 0.3 is 27.4 Å². The number of carbonyl (C=O) groups excluding carboxylic acids is 2. The number of rotatable bonds is 22. The van der Waals surface area contributed by atoms with Crippen LogP contribution in [0.15, 0.2) is 135 Å². The SMILES string of the molecule is C=CCCCCOC(=O)[C@H](C)NP(=O)(OCC1OC(n2cnc3c(OCCC=C)nc(NC)nc32)[C@](C)(O)[C@@H]1O)Oc1cccc2ccccc12.CNc1nc2c3ncn(c3n1)C1OC(COP(=O)(Oc3cccc4ccccc34)N[C@@H](C)C(=O)OCCCCC=CCCO2)[C@@H](O)[C@@]1(C)O. The molecule has 8 aromatic rings. The summed E-state index contributed by atoms with van der Waals surface area (Å²) in [7, 11) is -5.44. The largest absolute Gasteiger partial charge is 0.476 e. The summed E-state index contributed by atoms with van der Waals surface area (Å²) in [6.07, 6.45) is 8.15. The minimum absolute atomic E-state index is 0.179. The molecule has 0 spiro atoms. The normalized spacial score (nSPS) is 25.4. The van der Waals surface area contributed by atoms with Crippen LogP contribution in [-0.2, 0) is 46.7 Å². The molecule has 100 heavy (non-hydrogen) atoms. The summed E-state index contributed by atoms with van der Waals surface area (Å²) in [5, 5.41) is 59.9. The summed E-state index contributed by atoms with van der Waals surface area (Å²) in [4.78, 5) is 52.5. The van der Waals surface area contributed by atoms with Gasteiger partial charge in [0.05, 0.1) is 52.3 Å². The summed E-state index contributed by atoms with van der Waals surface area (Å²) in [6.45, 7) is 13.2. The lowest BCUT2D eigenvalue weighted by Crippen LogP contribution is -2.44. The van der Waals surface area contributed by atoms with Gasteiger partial charge in [-0.25, -0.2) is 19.1 Å². The molecule has 3 aliphatic heterocycles. The van der Waals surface area contributed by atoms with Crippen LogP contribution in [0.5, 0.6) is 23.3 Å². The van der Waals surface area contributed by atoms with Crippen molar-refractivity contribution in [2.24, 2.45) is 0 Å². The molecule has 7 heterocycles. The number of fused-ring (bicyclic) bond motifs is 6. The maximum atomic E-state index is 14.4. The number of aliphatic hydroxyl groups excluding tert-OH is 2. The first kappa shape index (κ1) is 74.2. The lowest BCUT2D eigenvalue weighted by atomic mass is 9.96. The van der Waals surface area contributed by atoms with Crippen molar-refractivity contribution >= 4 is 83.2 Å². The monoisotopic (exact) mass is 1420 g/mol. The Balaban J connectivity index is 0.000000216. The number of carbonyl (C=O) groups is 2. The zero-order chi connectivity index (χ0) is 71.2. The van der Waals surface area contributed by atoms with Crippen LogP contribution in [-0.4, -0.2) is 173 Å². The van der Waals surface area contributed by atoms with Crippen molar-refractivity contribution in [3.05, 3.63) is 135 Å². The number of aliphatic hydroxyl groups is 4. The van der Waals surface area contributed by atoms with E-state index in [9.17, 15) is 39.1 Å². The van der Waals surface area contributed by atoms with E-state index in [0.29, 0.717) is 66.4 Å². The summed E-state index contributed by atoms with van der Waals surface area (Å²) in [5.41, 5.74) is -2.56. The number of benzene rings is 4. The Hall–Kier alpha value is -8.48. The second kappa shape index (κ2) is 33.3. The third-order valence-electron chi connectivity index (χ3n) is 16.7. The summed E-state index contributed by atoms with van der Waals surface area (Å²) < 4.78 is 90.6. The predicted octanol–water partition coefficient (Wildman–Crippen LogP) is 9.33. The van der Waals surface area contributed by atoms with Crippen molar-refractivity contribution in [2.45, 2.75) is 139 Å². The van der Waals surface area contributed by atoms with Gasteiger partial charge in [0.25, 0.3) is 0 Å². The van der Waals surface area contributed by atoms with E-state index in [1.165, 1.54) is 49.5 Å². The highest BCUT2D eigenvalue weighted by molar-refractivity contribution is 7.52. The van der Waals surface area contributed by atoms with Gasteiger partial charge < -0.3 is 68.5 Å². The van der Waals surface area contributed by atoms with Crippen molar-refractivity contribution < 1.29 is 85.7 Å². The third-order valence-corrected chi connectivity index (χ3v) is 20.0. The predicted molar refractivity (Wildman–Crippen MR) is 372 cm³/mol. The average Bonchev–Trinajstić information content (AvgIpc) is 1.61. The molecule has 536 valence electrons. The number of hydrogen-bond donors (Lipinski definition) is 8. The van der Waals surface area contributed by atoms with Crippen molar-refractivity contribution in [3.63, 3.8) is 0 Å². The van der Waals surface area contributed by atoms with Crippen LogP contribution in [0.25, 0.3) is 43.9 Å². The van der Waals surface area contributed by atoms with Crippen LogP contribution >= 0.6 is 15.5 Å². The summed E-state index contributed by atoms with van der Waals surface area (Å²) in [6, 6.07) is 23.1. The number of cyclic esters (lactones) is 1. The van der Waals surface area contributed by atoms with E-state index in [0.717, 1.165) is 36.5 Å². The van der Waals surface area contributed by atoms with E-state index in [1.807, 2.05) is 66.7 Å². The van der Waals surface area contributed by atoms with Crippen LogP contribution in [0.3, 0.4) is 0 Å². The third kappa shape index (κ3) is 17.4. The highest BCUT2D eigenvalue weighted by Gasteiger charge is 2.56. The molecule has 0 aliphatic carbocycles. The molecule has 2 fully saturated rings. The number of allylic oxidation sites excluding steroid dienone is 2. The number of unbranched alkanes of at least 4 members (excludes halogenated alkanes) is 2. The zero-order valence-electron chi connectivity index (χ0n) is 56.5. The van der Waals surface area contributed by atoms with E-state index < -0.39 is 101 Å². The van der Waals surface area contributed by atoms with Crippen LogP contribution in [0.4, 0.5) is 11.9 Å². The fourth-order valence-electron chi connectivity index (χ4n) is 11.3. The number of anilines is 2. The molecule has 0 saturated carbocycles. The minimum Gasteiger partial charge on any atom is -0.476 e. The van der Waals surface area contributed by atoms with Gasteiger partial charge in [-0.05, 0) is 102 Å². The number of ether oxygens (including phenoxy) is 6. The molecule has 4 aromatic carbocycles. The fourth-order valence-corrected chi connectivity index (χ4v) is 14.3. The zero-order valence-corrected chi connectivity index (χ0v) is 58.2. The first-order chi connectivity index (χ1) is 48.1. The minimum atomic E-state index is -4.38. The second-order valence-corrected chi connectivity index (χ2v) is 27.7. The van der Waals surface area contributed by atoms with Gasteiger partial charge in [-0.3, -0.25) is 27.8 Å². The van der Waals surface area contributed by atoms with Crippen molar-refractivity contribution in [1.29, 1.82) is 0 Å². The lowest BCUT2D eigenvalue weighted by molar-refractivity contribution is -0.146. The summed E-state index contributed by atoms with van der Waals surface area (Å²) >= 11 is 0. The van der Waals surface area contributed by atoms with Crippen molar-refractivity contribution in [3.8, 4) is 23.3 Å². The molecule has 3 aliphatic rings. The van der Waals surface area contributed by atoms with Crippen molar-refractivity contribution in [2.75, 3.05) is 64.4 Å². The Morgan fingerprint density at radius 1 is 0.780 bits per heavy atom. The van der Waals surface area contributed by atoms with Crippen LogP contribution in [0.2, 0.25) is 0 Å². The standard InChI is InChI=1S/C35H45N6O9P.C33H41N6O9P/c1-6-8-10-13-20-47-32(43)23(3)40-51(45,50-26-18-14-16-24-15-11-12-17-25(24)26)48-21-27-29(42)35(4,44)33(49-27)41-22-37-28-30(41)38-34(36-5)39-31(28)46-19-9-7-2;1-21-30(41)45-18-11-7-5-4-6-10-17-44-29-26-28(36-32(34-3)37-29)39(20-35-26)31-33(2,42)27(40)25(47-31)19-46-49(43,38-21)48-24-16-12-14-22-13-8-9-15-23(22)24/h6-7,11-12,14-18,22-23,27,29,33,42,44H,1-2,8-10,13,19-21H2,3-5H3,(H,40,45)(H,36,38,39);4,6,8-9,12-16,20-21,25,27,31,40,42H,5,7,10-11,17-19H2,1-3H3,(H,38,43)(H,34,36,37)/t23-,27?,29+,33?,35+,51?;21-,25?,27+,31?,33+,49?/m00/s1. The molecule has 8 N–H and O–H groups in total. The molecular weight excluding hydrogens is 1330 g/mol. The highest BCUT2D eigenvalue weighted by atomic mass is 31.2. The Labute approximate surface area is 577 Å². The van der Waals surface area contributed by atoms with Crippen LogP contribution < -0.4 is 39.3 Å². The molecule has 6 unspecified atom stereocenters. The molecule has 2 saturated heterocycles. The van der Waals surface area contributed by atoms with E-state index in [-0.39, 0.29) is 54.0 Å². The maximum absolute atomic E-state index is 14.4. The molecule has 0 radical (unpaired) electrons. The van der Waals surface area contributed by atoms with Crippen LogP contribution in [0.1, 0.15) is 91.5 Å². The Kier molecular flexibility index (Phi) is 24.7. The van der Waals surface area contributed by atoms with E-state index in [2.05, 4.69) is 63.9 Å². The van der Waals surface area contributed by atoms with Crippen LogP contribution in [0, 0.1) is 0 Å². The van der Waals surface area contributed by atoms with Gasteiger partial charge in [-0.2, -0.15) is 30.1 Å². The fraction of sp³-hybridized carbons (Fsp3) is 0.441.